The van der Waals surface area contributed by atoms with Crippen LogP contribution in [0.25, 0.3) is 0 Å². The van der Waals surface area contributed by atoms with Crippen LogP contribution in [0.3, 0.4) is 0 Å². The summed E-state index contributed by atoms with van der Waals surface area (Å²) in [6, 6.07) is 0. The van der Waals surface area contributed by atoms with Crippen molar-refractivity contribution in [1.82, 2.24) is 0 Å². The van der Waals surface area contributed by atoms with Crippen LogP contribution in [-0.2, 0) is 4.74 Å². The Kier molecular flexibility index (Phi) is 22.6. The third kappa shape index (κ3) is 19.1. The van der Waals surface area contributed by atoms with Crippen molar-refractivity contribution in [2.45, 2.75) is 96.8 Å². The molecule has 146 valence electrons. The number of hydrogen-bond acceptors (Lipinski definition) is 2. The van der Waals surface area contributed by atoms with Crippen molar-refractivity contribution in [3.05, 3.63) is 0 Å². The maximum atomic E-state index is 5.23. The summed E-state index contributed by atoms with van der Waals surface area (Å²) in [5.41, 5.74) is 0. The standard InChI is InChI=1S/C21H43BrOS/c1-3-4-5-6-7-8-9-10-11-12-13-14-15-16-17-24-20-21(18-22)19-23-2/h21H,3-20H2,1-2H3. The molecule has 0 aliphatic heterocycles. The summed E-state index contributed by atoms with van der Waals surface area (Å²) in [7, 11) is 1.80. The minimum atomic E-state index is 0.673. The third-order valence-corrected chi connectivity index (χ3v) is 6.82. The number of hydrogen-bond donors (Lipinski definition) is 0. The number of methoxy groups -OCH3 is 1. The molecule has 0 fully saturated rings. The minimum absolute atomic E-state index is 0.673. The Balaban J connectivity index is 3.07. The molecule has 3 heteroatoms. The first-order chi connectivity index (χ1) is 11.8. The second kappa shape index (κ2) is 21.8. The highest BCUT2D eigenvalue weighted by atomic mass is 79.9. The molecule has 0 aliphatic rings. The predicted molar refractivity (Wildman–Crippen MR) is 117 cm³/mol. The second-order valence-corrected chi connectivity index (χ2v) is 8.94. The lowest BCUT2D eigenvalue weighted by atomic mass is 10.0. The zero-order valence-electron chi connectivity index (χ0n) is 16.5. The van der Waals surface area contributed by atoms with Crippen LogP contribution in [0.15, 0.2) is 0 Å². The Morgan fingerprint density at radius 3 is 1.62 bits per heavy atom. The van der Waals surface area contributed by atoms with Crippen LogP contribution in [0.1, 0.15) is 96.8 Å². The van der Waals surface area contributed by atoms with Crippen LogP contribution in [0.4, 0.5) is 0 Å². The van der Waals surface area contributed by atoms with Crippen molar-refractivity contribution in [2.75, 3.05) is 30.6 Å². The normalized spacial score (nSPS) is 12.6. The molecule has 0 N–H and O–H groups in total. The maximum Gasteiger partial charge on any atom is 0.0506 e. The van der Waals surface area contributed by atoms with E-state index in [1.165, 1.54) is 101 Å². The van der Waals surface area contributed by atoms with Crippen LogP contribution in [0.5, 0.6) is 0 Å². The van der Waals surface area contributed by atoms with E-state index < -0.39 is 0 Å². The fourth-order valence-electron chi connectivity index (χ4n) is 3.02. The van der Waals surface area contributed by atoms with Gasteiger partial charge in [-0.1, -0.05) is 106 Å². The van der Waals surface area contributed by atoms with Gasteiger partial charge in [0.2, 0.25) is 0 Å². The molecule has 24 heavy (non-hydrogen) atoms. The molecule has 1 atom stereocenters. The van der Waals surface area contributed by atoms with Gasteiger partial charge in [-0.3, -0.25) is 0 Å². The summed E-state index contributed by atoms with van der Waals surface area (Å²) in [6.45, 7) is 3.18. The molecular weight excluding hydrogens is 380 g/mol. The Hall–Kier alpha value is 0.790. The highest BCUT2D eigenvalue weighted by molar-refractivity contribution is 9.09. The van der Waals surface area contributed by atoms with E-state index in [-0.39, 0.29) is 0 Å². The van der Waals surface area contributed by atoms with E-state index in [1.807, 2.05) is 0 Å². The van der Waals surface area contributed by atoms with Crippen molar-refractivity contribution in [2.24, 2.45) is 5.92 Å². The summed E-state index contributed by atoms with van der Waals surface area (Å²) in [6.07, 6.45) is 20.2. The number of alkyl halides is 1. The topological polar surface area (TPSA) is 9.23 Å². The van der Waals surface area contributed by atoms with Gasteiger partial charge in [0.25, 0.3) is 0 Å². The lowest BCUT2D eigenvalue weighted by Gasteiger charge is -2.11. The summed E-state index contributed by atoms with van der Waals surface area (Å²) in [4.78, 5) is 0. The van der Waals surface area contributed by atoms with Gasteiger partial charge in [0, 0.05) is 18.4 Å². The molecule has 0 spiro atoms. The van der Waals surface area contributed by atoms with E-state index in [2.05, 4.69) is 34.6 Å². The van der Waals surface area contributed by atoms with Gasteiger partial charge in [-0.15, -0.1) is 0 Å². The van der Waals surface area contributed by atoms with E-state index in [1.54, 1.807) is 7.11 Å². The lowest BCUT2D eigenvalue weighted by molar-refractivity contribution is 0.170. The van der Waals surface area contributed by atoms with Crippen molar-refractivity contribution < 1.29 is 4.74 Å². The van der Waals surface area contributed by atoms with Gasteiger partial charge in [0.05, 0.1) is 6.61 Å². The summed E-state index contributed by atoms with van der Waals surface area (Å²) >= 11 is 5.67. The number of thioether (sulfide) groups is 1. The molecule has 0 saturated carbocycles. The molecule has 0 rings (SSSR count). The fraction of sp³-hybridized carbons (Fsp3) is 1.00. The summed E-state index contributed by atoms with van der Waals surface area (Å²) in [5.74, 6) is 3.23. The largest absolute Gasteiger partial charge is 0.384 e. The monoisotopic (exact) mass is 422 g/mol. The molecule has 0 amide bonds. The molecule has 0 saturated heterocycles. The Morgan fingerprint density at radius 2 is 1.21 bits per heavy atom. The fourth-order valence-corrected chi connectivity index (χ4v) is 4.86. The Morgan fingerprint density at radius 1 is 0.750 bits per heavy atom. The third-order valence-electron chi connectivity index (χ3n) is 4.62. The maximum absolute atomic E-state index is 5.23. The van der Waals surface area contributed by atoms with Crippen molar-refractivity contribution >= 4 is 27.7 Å². The average Bonchev–Trinajstić information content (AvgIpc) is 2.60. The van der Waals surface area contributed by atoms with Gasteiger partial charge in [0.1, 0.15) is 0 Å². The first-order valence-electron chi connectivity index (χ1n) is 10.5. The van der Waals surface area contributed by atoms with E-state index >= 15 is 0 Å². The number of unbranched alkanes of at least 4 members (excludes halogenated alkanes) is 13. The van der Waals surface area contributed by atoms with Crippen molar-refractivity contribution in [1.29, 1.82) is 0 Å². The van der Waals surface area contributed by atoms with Crippen LogP contribution >= 0.6 is 27.7 Å². The molecule has 1 unspecified atom stereocenters. The SMILES string of the molecule is CCCCCCCCCCCCCCCCSCC(CBr)COC. The summed E-state index contributed by atoms with van der Waals surface area (Å²) < 4.78 is 5.23. The quantitative estimate of drug-likeness (QED) is 0.146. The highest BCUT2D eigenvalue weighted by Gasteiger charge is 2.06. The average molecular weight is 424 g/mol. The molecule has 0 heterocycles. The molecule has 0 bridgehead atoms. The molecule has 0 aromatic carbocycles. The van der Waals surface area contributed by atoms with Crippen molar-refractivity contribution in [3.8, 4) is 0 Å². The van der Waals surface area contributed by atoms with Crippen molar-refractivity contribution in [3.63, 3.8) is 0 Å². The minimum Gasteiger partial charge on any atom is -0.384 e. The first-order valence-corrected chi connectivity index (χ1v) is 12.7. The Bertz CT molecular complexity index is 226. The van der Waals surface area contributed by atoms with Crippen LogP contribution in [0.2, 0.25) is 0 Å². The predicted octanol–water partition coefficient (Wildman–Crippen LogP) is 7.86. The van der Waals surface area contributed by atoms with Gasteiger partial charge in [-0.2, -0.15) is 11.8 Å². The van der Waals surface area contributed by atoms with E-state index in [0.717, 1.165) is 11.9 Å². The lowest BCUT2D eigenvalue weighted by Crippen LogP contribution is -2.12. The van der Waals surface area contributed by atoms with Gasteiger partial charge >= 0.3 is 0 Å². The van der Waals surface area contributed by atoms with Gasteiger partial charge < -0.3 is 4.74 Å². The van der Waals surface area contributed by atoms with Gasteiger partial charge in [0.15, 0.2) is 0 Å². The highest BCUT2D eigenvalue weighted by Crippen LogP contribution is 2.16. The Labute approximate surface area is 165 Å². The molecule has 0 aromatic heterocycles. The zero-order chi connectivity index (χ0) is 17.7. The molecule has 0 aliphatic carbocycles. The van der Waals surface area contributed by atoms with E-state index in [9.17, 15) is 0 Å². The zero-order valence-corrected chi connectivity index (χ0v) is 18.9. The molecule has 0 aromatic rings. The van der Waals surface area contributed by atoms with E-state index in [0.29, 0.717) is 5.92 Å². The van der Waals surface area contributed by atoms with Crippen LogP contribution in [0, 0.1) is 5.92 Å². The first kappa shape index (κ1) is 24.8. The second-order valence-electron chi connectivity index (χ2n) is 7.15. The van der Waals surface area contributed by atoms with Crippen LogP contribution < -0.4 is 0 Å². The number of halogens is 1. The number of ether oxygens (including phenoxy) is 1. The van der Waals surface area contributed by atoms with Gasteiger partial charge in [-0.25, -0.2) is 0 Å². The smallest absolute Gasteiger partial charge is 0.0506 e. The molecule has 1 nitrogen and oxygen atoms in total. The van der Waals surface area contributed by atoms with E-state index in [4.69, 9.17) is 4.74 Å². The van der Waals surface area contributed by atoms with Gasteiger partial charge in [-0.05, 0) is 17.9 Å². The summed E-state index contributed by atoms with van der Waals surface area (Å²) in [5, 5.41) is 1.06. The number of rotatable bonds is 20. The molecular formula is C21H43BrOS. The molecule has 0 radical (unpaired) electrons. The van der Waals surface area contributed by atoms with Crippen LogP contribution in [-0.4, -0.2) is 30.6 Å².